The maximum atomic E-state index is 13.3. The van der Waals surface area contributed by atoms with Crippen LogP contribution in [0.3, 0.4) is 0 Å². The van der Waals surface area contributed by atoms with Gasteiger partial charge >= 0.3 is 6.18 Å². The Balaban J connectivity index is 1.87. The highest BCUT2D eigenvalue weighted by Gasteiger charge is 2.56. The summed E-state index contributed by atoms with van der Waals surface area (Å²) in [7, 11) is 0. The van der Waals surface area contributed by atoms with Crippen molar-refractivity contribution < 1.29 is 22.4 Å². The van der Waals surface area contributed by atoms with Crippen LogP contribution >= 0.6 is 0 Å². The van der Waals surface area contributed by atoms with Crippen LogP contribution in [-0.2, 0) is 4.79 Å². The molecule has 0 aliphatic carbocycles. The number of alkyl halides is 3. The summed E-state index contributed by atoms with van der Waals surface area (Å²) in [5.74, 6) is -1.09. The zero-order chi connectivity index (χ0) is 16.1. The normalized spacial score (nSPS) is 29.2. The number of hydrogen-bond donors (Lipinski definition) is 0. The number of halogens is 4. The van der Waals surface area contributed by atoms with Gasteiger partial charge in [0, 0.05) is 19.3 Å². The molecule has 0 bridgehead atoms. The molecule has 2 aliphatic heterocycles. The van der Waals surface area contributed by atoms with Crippen molar-refractivity contribution >= 4 is 5.91 Å². The van der Waals surface area contributed by atoms with Crippen LogP contribution in [0.5, 0.6) is 0 Å². The topological polar surface area (TPSA) is 36.4 Å². The van der Waals surface area contributed by atoms with Crippen molar-refractivity contribution in [3.63, 3.8) is 0 Å². The number of hydrazine groups is 1. The lowest BCUT2D eigenvalue weighted by molar-refractivity contribution is -0.166. The average Bonchev–Trinajstić information content (AvgIpc) is 2.87. The minimum absolute atomic E-state index is 0.0323. The Labute approximate surface area is 124 Å². The van der Waals surface area contributed by atoms with E-state index in [1.165, 1.54) is 24.2 Å². The molecular weight excluding hydrogens is 302 g/mol. The smallest absolute Gasteiger partial charge is 0.273 e. The molecule has 8 heteroatoms. The highest BCUT2D eigenvalue weighted by atomic mass is 19.4. The second kappa shape index (κ2) is 4.91. The van der Waals surface area contributed by atoms with Gasteiger partial charge in [0.25, 0.3) is 0 Å². The molecule has 2 atom stereocenters. The fraction of sp³-hybridized carbons (Fsp3) is 0.571. The summed E-state index contributed by atoms with van der Waals surface area (Å²) in [5.41, 5.74) is -0.982. The van der Waals surface area contributed by atoms with Crippen molar-refractivity contribution in [2.24, 2.45) is 5.41 Å². The molecule has 0 saturated carbocycles. The van der Waals surface area contributed by atoms with E-state index in [1.807, 2.05) is 0 Å². The predicted octanol–water partition coefficient (Wildman–Crippen LogP) is 2.68. The molecule has 3 heterocycles. The van der Waals surface area contributed by atoms with Crippen molar-refractivity contribution in [2.75, 3.05) is 13.1 Å². The predicted molar refractivity (Wildman–Crippen MR) is 68.8 cm³/mol. The van der Waals surface area contributed by atoms with Crippen molar-refractivity contribution in [1.29, 1.82) is 0 Å². The first kappa shape index (κ1) is 15.2. The van der Waals surface area contributed by atoms with Crippen LogP contribution in [0.4, 0.5) is 17.6 Å². The van der Waals surface area contributed by atoms with Crippen molar-refractivity contribution in [2.45, 2.75) is 32.0 Å². The quantitative estimate of drug-likeness (QED) is 0.787. The van der Waals surface area contributed by atoms with Gasteiger partial charge in [0.1, 0.15) is 5.82 Å². The third-order valence-corrected chi connectivity index (χ3v) is 4.22. The van der Waals surface area contributed by atoms with Crippen LogP contribution < -0.4 is 0 Å². The molecule has 120 valence electrons. The van der Waals surface area contributed by atoms with E-state index < -0.39 is 35.8 Å². The second-order valence-corrected chi connectivity index (χ2v) is 6.13. The lowest BCUT2D eigenvalue weighted by atomic mass is 9.85. The number of carbonyl (C=O) groups excluding carboxylic acids is 1. The van der Waals surface area contributed by atoms with Gasteiger partial charge in [0.05, 0.1) is 24.1 Å². The summed E-state index contributed by atoms with van der Waals surface area (Å²) in [6.45, 7) is 1.84. The molecule has 1 amide bonds. The highest BCUT2D eigenvalue weighted by molar-refractivity contribution is 5.85. The van der Waals surface area contributed by atoms with E-state index in [9.17, 15) is 22.4 Å². The van der Waals surface area contributed by atoms with Gasteiger partial charge in [-0.25, -0.2) is 9.40 Å². The average molecular weight is 317 g/mol. The van der Waals surface area contributed by atoms with E-state index in [2.05, 4.69) is 4.98 Å². The summed E-state index contributed by atoms with van der Waals surface area (Å²) < 4.78 is 51.5. The lowest BCUT2D eigenvalue weighted by Crippen LogP contribution is -2.38. The van der Waals surface area contributed by atoms with E-state index in [4.69, 9.17) is 0 Å². The van der Waals surface area contributed by atoms with E-state index in [1.54, 1.807) is 5.01 Å². The molecular formula is C14H15F4N3O. The lowest BCUT2D eigenvalue weighted by Gasteiger charge is -2.27. The van der Waals surface area contributed by atoms with Crippen LogP contribution in [0.2, 0.25) is 0 Å². The number of pyridine rings is 1. The summed E-state index contributed by atoms with van der Waals surface area (Å²) in [5, 5.41) is 2.98. The molecule has 4 nitrogen and oxygen atoms in total. The Hall–Kier alpha value is -1.70. The van der Waals surface area contributed by atoms with E-state index in [0.717, 1.165) is 6.20 Å². The fourth-order valence-electron chi connectivity index (χ4n) is 3.36. The Morgan fingerprint density at radius 2 is 2.14 bits per heavy atom. The number of rotatable bonds is 2. The summed E-state index contributed by atoms with van der Waals surface area (Å²) >= 11 is 0. The van der Waals surface area contributed by atoms with E-state index in [0.29, 0.717) is 18.5 Å². The number of carbonyl (C=O) groups is 1. The largest absolute Gasteiger partial charge is 0.390 e. The van der Waals surface area contributed by atoms with Crippen molar-refractivity contribution in [3.8, 4) is 0 Å². The number of amides is 1. The standard InChI is InChI=1S/C14H15F4N3O/c1-13(7-14(16,17)18)8-20-3-2-11(21(20)12(13)22)9-4-10(15)6-19-5-9/h4-6,11H,2-3,7-8H2,1H3/t11-,13+/m1/s1. The number of fused-ring (bicyclic) bond motifs is 1. The van der Waals surface area contributed by atoms with Gasteiger partial charge in [-0.05, 0) is 25.0 Å². The monoisotopic (exact) mass is 317 g/mol. The third-order valence-electron chi connectivity index (χ3n) is 4.22. The molecule has 3 rings (SSSR count). The molecule has 2 saturated heterocycles. The van der Waals surface area contributed by atoms with Crippen LogP contribution in [0.15, 0.2) is 18.5 Å². The van der Waals surface area contributed by atoms with Crippen molar-refractivity contribution in [1.82, 2.24) is 15.0 Å². The van der Waals surface area contributed by atoms with Gasteiger partial charge in [0.2, 0.25) is 5.91 Å². The van der Waals surface area contributed by atoms with E-state index in [-0.39, 0.29) is 6.54 Å². The SMILES string of the molecule is C[C@]1(CC(F)(F)F)CN2CC[C@H](c3cncc(F)c3)N2C1=O. The van der Waals surface area contributed by atoms with Crippen molar-refractivity contribution in [3.05, 3.63) is 29.8 Å². The molecule has 2 fully saturated rings. The zero-order valence-corrected chi connectivity index (χ0v) is 11.9. The molecule has 22 heavy (non-hydrogen) atoms. The first-order valence-electron chi connectivity index (χ1n) is 6.95. The number of hydrogen-bond acceptors (Lipinski definition) is 3. The molecule has 0 unspecified atom stereocenters. The first-order chi connectivity index (χ1) is 10.2. The Morgan fingerprint density at radius 3 is 2.77 bits per heavy atom. The van der Waals surface area contributed by atoms with E-state index >= 15 is 0 Å². The molecule has 0 spiro atoms. The Bertz CT molecular complexity index is 606. The molecule has 0 aromatic carbocycles. The number of nitrogens with zero attached hydrogens (tertiary/aromatic N) is 3. The minimum atomic E-state index is -4.40. The highest BCUT2D eigenvalue weighted by Crippen LogP contribution is 2.46. The Kier molecular flexibility index (Phi) is 3.39. The minimum Gasteiger partial charge on any atom is -0.273 e. The van der Waals surface area contributed by atoms with Gasteiger partial charge in [-0.1, -0.05) is 0 Å². The van der Waals surface area contributed by atoms with Gasteiger partial charge in [-0.2, -0.15) is 13.2 Å². The summed E-state index contributed by atoms with van der Waals surface area (Å²) in [4.78, 5) is 16.3. The van der Waals surface area contributed by atoms with Gasteiger partial charge in [-0.15, -0.1) is 0 Å². The Morgan fingerprint density at radius 1 is 1.41 bits per heavy atom. The number of aromatic nitrogens is 1. The fourth-order valence-corrected chi connectivity index (χ4v) is 3.36. The molecule has 1 aromatic rings. The van der Waals surface area contributed by atoms with Crippen LogP contribution in [-0.4, -0.2) is 40.2 Å². The molecule has 0 radical (unpaired) electrons. The second-order valence-electron chi connectivity index (χ2n) is 6.13. The zero-order valence-electron chi connectivity index (χ0n) is 11.9. The van der Waals surface area contributed by atoms with Gasteiger partial charge in [-0.3, -0.25) is 14.8 Å². The van der Waals surface area contributed by atoms with Crippen LogP contribution in [0.1, 0.15) is 31.4 Å². The summed E-state index contributed by atoms with van der Waals surface area (Å²) in [6.07, 6.45) is -2.50. The van der Waals surface area contributed by atoms with Gasteiger partial charge < -0.3 is 0 Å². The molecule has 2 aliphatic rings. The van der Waals surface area contributed by atoms with Crippen LogP contribution in [0, 0.1) is 11.2 Å². The van der Waals surface area contributed by atoms with Gasteiger partial charge in [0.15, 0.2) is 0 Å². The maximum Gasteiger partial charge on any atom is 0.390 e. The molecule has 0 N–H and O–H groups in total. The first-order valence-corrected chi connectivity index (χ1v) is 6.95. The summed E-state index contributed by atoms with van der Waals surface area (Å²) in [6, 6.07) is 0.819. The third kappa shape index (κ3) is 2.55. The molecule has 1 aromatic heterocycles. The van der Waals surface area contributed by atoms with Crippen LogP contribution in [0.25, 0.3) is 0 Å². The maximum absolute atomic E-state index is 13.3.